The van der Waals surface area contributed by atoms with Crippen LogP contribution in [0.2, 0.25) is 0 Å². The number of carbonyl (C=O) groups excluding carboxylic acids is 1. The van der Waals surface area contributed by atoms with Gasteiger partial charge in [-0.1, -0.05) is 0 Å². The largest absolute Gasteiger partial charge is 0.494 e. The monoisotopic (exact) mass is 402 g/mol. The zero-order valence-corrected chi connectivity index (χ0v) is 14.6. The molecule has 0 spiro atoms. The number of carboxylic acid groups (broad SMARTS) is 2. The fourth-order valence-electron chi connectivity index (χ4n) is 2.03. The van der Waals surface area contributed by atoms with E-state index in [-0.39, 0.29) is 17.9 Å². The highest BCUT2D eigenvalue weighted by Crippen LogP contribution is 2.34. The third kappa shape index (κ3) is 7.48. The summed E-state index contributed by atoms with van der Waals surface area (Å²) in [6.45, 7) is 1.38. The molecule has 0 amide bonds. The molecule has 2 rings (SSSR count). The molecule has 0 aliphatic carbocycles. The first-order valence-corrected chi connectivity index (χ1v) is 7.80. The number of aryl methyl sites for hydroxylation is 1. The molecule has 0 unspecified atom stereocenters. The Balaban J connectivity index is 0.000000568. The van der Waals surface area contributed by atoms with Gasteiger partial charge in [-0.25, -0.2) is 14.6 Å². The van der Waals surface area contributed by atoms with Gasteiger partial charge in [0.2, 0.25) is 0 Å². The number of nitrogens with zero attached hydrogens (tertiary/aromatic N) is 1. The molecule has 0 aliphatic heterocycles. The second-order valence-electron chi connectivity index (χ2n) is 5.40. The maximum Gasteiger partial charge on any atom is 0.417 e. The summed E-state index contributed by atoms with van der Waals surface area (Å²) in [5, 5.41) is 14.8. The van der Waals surface area contributed by atoms with Crippen molar-refractivity contribution in [1.29, 1.82) is 0 Å². The van der Waals surface area contributed by atoms with Crippen LogP contribution in [0.15, 0.2) is 30.7 Å². The smallest absolute Gasteiger partial charge is 0.417 e. The molecule has 0 saturated carbocycles. The Morgan fingerprint density at radius 1 is 1.18 bits per heavy atom. The highest BCUT2D eigenvalue weighted by Gasteiger charge is 2.34. The number of H-pyrrole nitrogens is 1. The molecule has 1 aromatic carbocycles. The zero-order chi connectivity index (χ0) is 21.3. The van der Waals surface area contributed by atoms with Crippen molar-refractivity contribution < 1.29 is 42.5 Å². The van der Waals surface area contributed by atoms with Crippen molar-refractivity contribution in [2.75, 3.05) is 6.61 Å². The first-order chi connectivity index (χ1) is 13.0. The lowest BCUT2D eigenvalue weighted by Gasteiger charge is -2.13. The molecule has 0 bridgehead atoms. The van der Waals surface area contributed by atoms with Gasteiger partial charge in [-0.15, -0.1) is 0 Å². The average molecular weight is 402 g/mol. The van der Waals surface area contributed by atoms with Crippen LogP contribution in [0, 0.1) is 0 Å². The summed E-state index contributed by atoms with van der Waals surface area (Å²) < 4.78 is 44.2. The van der Waals surface area contributed by atoms with Crippen LogP contribution >= 0.6 is 0 Å². The van der Waals surface area contributed by atoms with E-state index >= 15 is 0 Å². The summed E-state index contributed by atoms with van der Waals surface area (Å²) in [5.74, 6) is -4.18. The van der Waals surface area contributed by atoms with Gasteiger partial charge in [0, 0.05) is 17.5 Å². The van der Waals surface area contributed by atoms with Crippen LogP contribution in [0.5, 0.6) is 5.75 Å². The Labute approximate surface area is 157 Å². The number of rotatable bonds is 6. The number of carboxylic acids is 2. The SMILES string of the molecule is CC(=O)c1ccc(OCCCc2cnc[nH]2)cc1C(F)(F)F.O=C(O)C(=O)O. The van der Waals surface area contributed by atoms with E-state index in [2.05, 4.69) is 9.97 Å². The molecule has 1 heterocycles. The van der Waals surface area contributed by atoms with Crippen LogP contribution in [0.4, 0.5) is 13.2 Å². The number of halogens is 3. The summed E-state index contributed by atoms with van der Waals surface area (Å²) in [6.07, 6.45) is -0.0123. The quantitative estimate of drug-likeness (QED) is 0.385. The third-order valence-corrected chi connectivity index (χ3v) is 3.27. The van der Waals surface area contributed by atoms with Gasteiger partial charge in [-0.3, -0.25) is 4.79 Å². The van der Waals surface area contributed by atoms with E-state index in [1.165, 1.54) is 6.07 Å². The molecule has 11 heteroatoms. The molecule has 8 nitrogen and oxygen atoms in total. The molecule has 1 aromatic heterocycles. The molecule has 0 atom stereocenters. The number of benzene rings is 1. The lowest BCUT2D eigenvalue weighted by atomic mass is 10.0. The van der Waals surface area contributed by atoms with Crippen LogP contribution in [0.25, 0.3) is 0 Å². The van der Waals surface area contributed by atoms with E-state index in [1.807, 2.05) is 0 Å². The number of aromatic nitrogens is 2. The van der Waals surface area contributed by atoms with Gasteiger partial charge in [0.1, 0.15) is 5.75 Å². The van der Waals surface area contributed by atoms with E-state index in [9.17, 15) is 18.0 Å². The van der Waals surface area contributed by atoms with Crippen molar-refractivity contribution in [3.8, 4) is 5.75 Å². The molecule has 0 radical (unpaired) electrons. The van der Waals surface area contributed by atoms with Crippen LogP contribution in [-0.2, 0) is 22.2 Å². The number of alkyl halides is 3. The number of aromatic amines is 1. The number of imidazole rings is 1. The lowest BCUT2D eigenvalue weighted by Crippen LogP contribution is -2.12. The second-order valence-corrected chi connectivity index (χ2v) is 5.40. The number of aliphatic carboxylic acids is 2. The van der Waals surface area contributed by atoms with Crippen molar-refractivity contribution in [3.63, 3.8) is 0 Å². The second kappa shape index (κ2) is 10.1. The van der Waals surface area contributed by atoms with Gasteiger partial charge in [-0.05, 0) is 38.0 Å². The van der Waals surface area contributed by atoms with Crippen LogP contribution in [-0.4, -0.2) is 44.5 Å². The summed E-state index contributed by atoms with van der Waals surface area (Å²) >= 11 is 0. The Morgan fingerprint density at radius 2 is 1.82 bits per heavy atom. The maximum absolute atomic E-state index is 12.9. The van der Waals surface area contributed by atoms with Gasteiger partial charge < -0.3 is 19.9 Å². The Kier molecular flexibility index (Phi) is 8.17. The molecular weight excluding hydrogens is 385 g/mol. The van der Waals surface area contributed by atoms with Crippen molar-refractivity contribution >= 4 is 17.7 Å². The number of ether oxygens (including phenoxy) is 1. The van der Waals surface area contributed by atoms with Crippen LogP contribution in [0.3, 0.4) is 0 Å². The Bertz CT molecular complexity index is 807. The highest BCUT2D eigenvalue weighted by atomic mass is 19.4. The summed E-state index contributed by atoms with van der Waals surface area (Å²) in [4.78, 5) is 36.3. The summed E-state index contributed by atoms with van der Waals surface area (Å²) in [5.41, 5.74) is -0.380. The standard InChI is InChI=1S/C15H15F3N2O2.C2H2O4/c1-10(21)13-5-4-12(7-14(13)15(16,17)18)22-6-2-3-11-8-19-9-20-11;3-1(4)2(5)6/h4-5,7-9H,2-3,6H2,1H3,(H,19,20);(H,3,4)(H,5,6). The molecule has 0 aliphatic rings. The maximum atomic E-state index is 12.9. The van der Waals surface area contributed by atoms with Crippen molar-refractivity contribution in [1.82, 2.24) is 9.97 Å². The fraction of sp³-hybridized carbons (Fsp3) is 0.294. The molecule has 3 N–H and O–H groups in total. The van der Waals surface area contributed by atoms with Gasteiger partial charge in [0.05, 0.1) is 18.5 Å². The first kappa shape index (κ1) is 22.7. The predicted molar refractivity (Wildman–Crippen MR) is 89.1 cm³/mol. The average Bonchev–Trinajstić information content (AvgIpc) is 3.11. The minimum Gasteiger partial charge on any atom is -0.494 e. The molecule has 0 fully saturated rings. The van der Waals surface area contributed by atoms with E-state index in [1.54, 1.807) is 12.5 Å². The minimum absolute atomic E-state index is 0.0990. The fourth-order valence-corrected chi connectivity index (χ4v) is 2.03. The van der Waals surface area contributed by atoms with Crippen molar-refractivity contribution in [2.45, 2.75) is 25.9 Å². The first-order valence-electron chi connectivity index (χ1n) is 7.80. The number of carbonyl (C=O) groups is 3. The van der Waals surface area contributed by atoms with Gasteiger partial charge >= 0.3 is 18.1 Å². The number of ketones is 1. The van der Waals surface area contributed by atoms with E-state index < -0.39 is 29.5 Å². The Hall–Kier alpha value is -3.37. The summed E-state index contributed by atoms with van der Waals surface area (Å²) in [6, 6.07) is 3.39. The van der Waals surface area contributed by atoms with E-state index in [0.29, 0.717) is 12.8 Å². The molecule has 2 aromatic rings. The lowest BCUT2D eigenvalue weighted by molar-refractivity contribution is -0.159. The number of nitrogens with one attached hydrogen (secondary N) is 1. The number of hydrogen-bond donors (Lipinski definition) is 3. The van der Waals surface area contributed by atoms with Gasteiger partial charge in [0.25, 0.3) is 0 Å². The normalized spacial score (nSPS) is 10.6. The topological polar surface area (TPSA) is 130 Å². The Morgan fingerprint density at radius 3 is 2.29 bits per heavy atom. The molecular formula is C17H17F3N2O6. The van der Waals surface area contributed by atoms with Crippen LogP contribution in [0.1, 0.15) is 35.0 Å². The number of Topliss-reactive ketones (excluding diaryl/α,β-unsaturated/α-hetero) is 1. The third-order valence-electron chi connectivity index (χ3n) is 3.27. The van der Waals surface area contributed by atoms with E-state index in [4.69, 9.17) is 24.5 Å². The van der Waals surface area contributed by atoms with Gasteiger partial charge in [0.15, 0.2) is 5.78 Å². The molecule has 0 saturated heterocycles. The predicted octanol–water partition coefficient (Wildman–Crippen LogP) is 2.80. The van der Waals surface area contributed by atoms with Crippen molar-refractivity contribution in [3.05, 3.63) is 47.5 Å². The molecule has 152 valence electrons. The van der Waals surface area contributed by atoms with E-state index in [0.717, 1.165) is 24.8 Å². The minimum atomic E-state index is -4.59. The van der Waals surface area contributed by atoms with Crippen molar-refractivity contribution in [2.24, 2.45) is 0 Å². The summed E-state index contributed by atoms with van der Waals surface area (Å²) in [7, 11) is 0. The highest BCUT2D eigenvalue weighted by molar-refractivity contribution is 6.27. The molecule has 28 heavy (non-hydrogen) atoms. The number of hydrogen-bond acceptors (Lipinski definition) is 5. The zero-order valence-electron chi connectivity index (χ0n) is 14.6. The van der Waals surface area contributed by atoms with Gasteiger partial charge in [-0.2, -0.15) is 13.2 Å². The van der Waals surface area contributed by atoms with Crippen LogP contribution < -0.4 is 4.74 Å².